The lowest BCUT2D eigenvalue weighted by Crippen LogP contribution is -2.35. The van der Waals surface area contributed by atoms with E-state index in [0.29, 0.717) is 11.3 Å². The van der Waals surface area contributed by atoms with E-state index in [1.807, 2.05) is 31.2 Å². The van der Waals surface area contributed by atoms with Gasteiger partial charge in [0.25, 0.3) is 0 Å². The number of methoxy groups -OCH3 is 1. The molecule has 2 aromatic rings. The molecule has 22 heavy (non-hydrogen) atoms. The summed E-state index contributed by atoms with van der Waals surface area (Å²) in [5.41, 5.74) is 8.18. The van der Waals surface area contributed by atoms with Gasteiger partial charge in [-0.3, -0.25) is 4.79 Å². The van der Waals surface area contributed by atoms with Crippen molar-refractivity contribution in [3.63, 3.8) is 0 Å². The van der Waals surface area contributed by atoms with Crippen LogP contribution >= 0.6 is 0 Å². The fourth-order valence-corrected chi connectivity index (χ4v) is 2.22. The Morgan fingerprint density at radius 1 is 1.14 bits per heavy atom. The van der Waals surface area contributed by atoms with E-state index in [1.54, 1.807) is 31.4 Å². The van der Waals surface area contributed by atoms with Gasteiger partial charge in [0.1, 0.15) is 5.75 Å². The van der Waals surface area contributed by atoms with Gasteiger partial charge in [-0.1, -0.05) is 12.1 Å². The maximum absolute atomic E-state index is 12.3. The smallest absolute Gasteiger partial charge is 0.179 e. The Hall–Kier alpha value is -2.33. The number of carbonyl (C=O) groups is 1. The maximum Gasteiger partial charge on any atom is 0.179 e. The molecule has 3 N–H and O–H groups in total. The Labute approximate surface area is 131 Å². The van der Waals surface area contributed by atoms with E-state index in [9.17, 15) is 4.79 Å². The number of nitrogens with one attached hydrogen (secondary N) is 1. The van der Waals surface area contributed by atoms with E-state index >= 15 is 0 Å². The van der Waals surface area contributed by atoms with Gasteiger partial charge in [-0.2, -0.15) is 0 Å². The van der Waals surface area contributed by atoms with Crippen molar-refractivity contribution in [3.8, 4) is 5.75 Å². The van der Waals surface area contributed by atoms with Crippen LogP contribution in [0.15, 0.2) is 48.5 Å². The molecule has 0 aliphatic rings. The number of benzene rings is 2. The number of carbonyl (C=O) groups excluding carboxylic acids is 1. The lowest BCUT2D eigenvalue weighted by molar-refractivity contribution is 0.0951. The number of nitrogen functional groups attached to an aromatic ring is 1. The molecular weight excluding hydrogens is 276 g/mol. The Kier molecular flexibility index (Phi) is 5.55. The van der Waals surface area contributed by atoms with Gasteiger partial charge < -0.3 is 15.8 Å². The van der Waals surface area contributed by atoms with Crippen molar-refractivity contribution < 1.29 is 9.53 Å². The van der Waals surface area contributed by atoms with E-state index in [0.717, 1.165) is 18.7 Å². The standard InChI is InChI=1S/C18H22N2O2/c1-13(18(21)15-5-7-16(19)8-6-15)20-12-11-14-3-9-17(22-2)10-4-14/h3-10,13,20H,11-12,19H2,1-2H3. The molecule has 0 heterocycles. The summed E-state index contributed by atoms with van der Waals surface area (Å²) in [7, 11) is 1.65. The minimum absolute atomic E-state index is 0.0785. The van der Waals surface area contributed by atoms with Crippen LogP contribution in [-0.2, 0) is 6.42 Å². The van der Waals surface area contributed by atoms with Crippen molar-refractivity contribution in [3.05, 3.63) is 59.7 Å². The summed E-state index contributed by atoms with van der Waals surface area (Å²) >= 11 is 0. The molecule has 0 aromatic heterocycles. The predicted molar refractivity (Wildman–Crippen MR) is 89.3 cm³/mol. The number of hydrogen-bond acceptors (Lipinski definition) is 4. The number of ether oxygens (including phenoxy) is 1. The fraction of sp³-hybridized carbons (Fsp3) is 0.278. The van der Waals surface area contributed by atoms with Gasteiger partial charge in [0.05, 0.1) is 13.2 Å². The molecular formula is C18H22N2O2. The van der Waals surface area contributed by atoms with Crippen LogP contribution in [0.25, 0.3) is 0 Å². The van der Waals surface area contributed by atoms with Crippen molar-refractivity contribution in [2.45, 2.75) is 19.4 Å². The molecule has 0 bridgehead atoms. The third-order valence-corrected chi connectivity index (χ3v) is 3.61. The van der Waals surface area contributed by atoms with E-state index in [2.05, 4.69) is 5.32 Å². The van der Waals surface area contributed by atoms with Crippen LogP contribution in [0.1, 0.15) is 22.8 Å². The van der Waals surface area contributed by atoms with Gasteiger partial charge >= 0.3 is 0 Å². The molecule has 4 nitrogen and oxygen atoms in total. The van der Waals surface area contributed by atoms with Gasteiger partial charge in [-0.05, 0) is 61.9 Å². The van der Waals surface area contributed by atoms with Crippen molar-refractivity contribution in [2.75, 3.05) is 19.4 Å². The quantitative estimate of drug-likeness (QED) is 0.609. The molecule has 2 aromatic carbocycles. The first kappa shape index (κ1) is 16.0. The van der Waals surface area contributed by atoms with Gasteiger partial charge in [0.15, 0.2) is 5.78 Å². The minimum atomic E-state index is -0.220. The number of ketones is 1. The number of Topliss-reactive ketones (excluding diaryl/α,β-unsaturated/α-hetero) is 1. The first-order valence-corrected chi connectivity index (χ1v) is 7.36. The van der Waals surface area contributed by atoms with Gasteiger partial charge in [0.2, 0.25) is 0 Å². The SMILES string of the molecule is COc1ccc(CCNC(C)C(=O)c2ccc(N)cc2)cc1. The topological polar surface area (TPSA) is 64.3 Å². The van der Waals surface area contributed by atoms with Crippen molar-refractivity contribution in [1.29, 1.82) is 0 Å². The summed E-state index contributed by atoms with van der Waals surface area (Å²) in [4.78, 5) is 12.3. The lowest BCUT2D eigenvalue weighted by Gasteiger charge is -2.13. The van der Waals surface area contributed by atoms with Gasteiger partial charge in [-0.15, -0.1) is 0 Å². The Morgan fingerprint density at radius 3 is 2.36 bits per heavy atom. The molecule has 1 atom stereocenters. The second-order valence-corrected chi connectivity index (χ2v) is 5.26. The van der Waals surface area contributed by atoms with Crippen LogP contribution in [0, 0.1) is 0 Å². The number of nitrogens with two attached hydrogens (primary N) is 1. The number of hydrogen-bond donors (Lipinski definition) is 2. The molecule has 0 saturated carbocycles. The van der Waals surface area contributed by atoms with Crippen LogP contribution in [-0.4, -0.2) is 25.5 Å². The monoisotopic (exact) mass is 298 g/mol. The summed E-state index contributed by atoms with van der Waals surface area (Å²) in [6.45, 7) is 2.63. The molecule has 4 heteroatoms. The van der Waals surface area contributed by atoms with Gasteiger partial charge in [-0.25, -0.2) is 0 Å². The molecule has 0 aliphatic carbocycles. The average Bonchev–Trinajstić information content (AvgIpc) is 2.55. The minimum Gasteiger partial charge on any atom is -0.497 e. The van der Waals surface area contributed by atoms with Gasteiger partial charge in [0, 0.05) is 11.3 Å². The van der Waals surface area contributed by atoms with Crippen molar-refractivity contribution >= 4 is 11.5 Å². The highest BCUT2D eigenvalue weighted by molar-refractivity contribution is 6.00. The zero-order valence-corrected chi connectivity index (χ0v) is 13.0. The Bertz CT molecular complexity index is 606. The summed E-state index contributed by atoms with van der Waals surface area (Å²) in [5, 5.41) is 3.26. The van der Waals surface area contributed by atoms with Crippen LogP contribution in [0.5, 0.6) is 5.75 Å². The second-order valence-electron chi connectivity index (χ2n) is 5.26. The number of rotatable bonds is 7. The van der Waals surface area contributed by atoms with Crippen LogP contribution in [0.4, 0.5) is 5.69 Å². The molecule has 0 radical (unpaired) electrons. The molecule has 2 rings (SSSR count). The fourth-order valence-electron chi connectivity index (χ4n) is 2.22. The third kappa shape index (κ3) is 4.33. The molecule has 0 saturated heterocycles. The van der Waals surface area contributed by atoms with E-state index < -0.39 is 0 Å². The highest BCUT2D eigenvalue weighted by Crippen LogP contribution is 2.12. The van der Waals surface area contributed by atoms with E-state index in [4.69, 9.17) is 10.5 Å². The number of anilines is 1. The van der Waals surface area contributed by atoms with Crippen molar-refractivity contribution in [1.82, 2.24) is 5.32 Å². The van der Waals surface area contributed by atoms with Crippen LogP contribution in [0.2, 0.25) is 0 Å². The third-order valence-electron chi connectivity index (χ3n) is 3.61. The lowest BCUT2D eigenvalue weighted by atomic mass is 10.0. The molecule has 1 unspecified atom stereocenters. The van der Waals surface area contributed by atoms with Crippen LogP contribution in [0.3, 0.4) is 0 Å². The largest absolute Gasteiger partial charge is 0.497 e. The summed E-state index contributed by atoms with van der Waals surface area (Å²) in [6.07, 6.45) is 0.864. The second kappa shape index (κ2) is 7.61. The first-order valence-electron chi connectivity index (χ1n) is 7.36. The molecule has 0 aliphatic heterocycles. The Morgan fingerprint density at radius 2 is 1.77 bits per heavy atom. The molecule has 0 fully saturated rings. The summed E-state index contributed by atoms with van der Waals surface area (Å²) < 4.78 is 5.13. The maximum atomic E-state index is 12.3. The van der Waals surface area contributed by atoms with Crippen molar-refractivity contribution in [2.24, 2.45) is 0 Å². The average molecular weight is 298 g/mol. The zero-order chi connectivity index (χ0) is 15.9. The molecule has 116 valence electrons. The predicted octanol–water partition coefficient (Wildman–Crippen LogP) is 2.68. The molecule has 0 spiro atoms. The zero-order valence-electron chi connectivity index (χ0n) is 13.0. The molecule has 0 amide bonds. The normalized spacial score (nSPS) is 11.9. The highest BCUT2D eigenvalue weighted by atomic mass is 16.5. The van der Waals surface area contributed by atoms with Crippen LogP contribution < -0.4 is 15.8 Å². The summed E-state index contributed by atoms with van der Waals surface area (Å²) in [5.74, 6) is 0.929. The highest BCUT2D eigenvalue weighted by Gasteiger charge is 2.14. The van der Waals surface area contributed by atoms with E-state index in [-0.39, 0.29) is 11.8 Å². The first-order chi connectivity index (χ1) is 10.6. The van der Waals surface area contributed by atoms with E-state index in [1.165, 1.54) is 5.56 Å². The summed E-state index contributed by atoms with van der Waals surface area (Å²) in [6, 6.07) is 14.8. The Balaban J connectivity index is 1.82.